The van der Waals surface area contributed by atoms with Gasteiger partial charge >= 0.3 is 12.0 Å². The second-order valence-corrected chi connectivity index (χ2v) is 9.59. The number of benzene rings is 1. The summed E-state index contributed by atoms with van der Waals surface area (Å²) in [6, 6.07) is 6.32. The summed E-state index contributed by atoms with van der Waals surface area (Å²) in [5.74, 6) is 0.0185. The summed E-state index contributed by atoms with van der Waals surface area (Å²) < 4.78 is 5.44. The van der Waals surface area contributed by atoms with Crippen LogP contribution in [0, 0.1) is 5.92 Å². The molecule has 1 aromatic carbocycles. The quantitative estimate of drug-likeness (QED) is 0.596. The first-order chi connectivity index (χ1) is 16.3. The van der Waals surface area contributed by atoms with E-state index in [9.17, 15) is 14.4 Å². The summed E-state index contributed by atoms with van der Waals surface area (Å²) in [7, 11) is 0. The smallest absolute Gasteiger partial charge is 0.338 e. The fourth-order valence-electron chi connectivity index (χ4n) is 4.84. The first-order valence-electron chi connectivity index (χ1n) is 12.1. The van der Waals surface area contributed by atoms with Gasteiger partial charge in [-0.25, -0.2) is 9.59 Å². The number of ether oxygens (including phenoxy) is 1. The van der Waals surface area contributed by atoms with Crippen molar-refractivity contribution in [3.8, 4) is 0 Å². The summed E-state index contributed by atoms with van der Waals surface area (Å²) in [5, 5.41) is 3.55. The molecule has 2 atom stereocenters. The van der Waals surface area contributed by atoms with E-state index in [-0.39, 0.29) is 30.5 Å². The van der Waals surface area contributed by atoms with E-state index >= 15 is 0 Å². The number of rotatable bonds is 7. The van der Waals surface area contributed by atoms with Gasteiger partial charge in [0.05, 0.1) is 18.2 Å². The topological polar surface area (TPSA) is 82.2 Å². The van der Waals surface area contributed by atoms with Crippen molar-refractivity contribution in [2.24, 2.45) is 5.92 Å². The summed E-state index contributed by atoms with van der Waals surface area (Å²) in [5.41, 5.74) is 1.86. The van der Waals surface area contributed by atoms with Crippen molar-refractivity contribution in [2.45, 2.75) is 45.7 Å². The highest BCUT2D eigenvalue weighted by atomic mass is 35.5. The molecule has 184 valence electrons. The highest BCUT2D eigenvalue weighted by Gasteiger charge is 2.40. The molecule has 1 aliphatic carbocycles. The number of likely N-dealkylation sites (N-methyl/N-ethyl adjacent to an activating group) is 1. The van der Waals surface area contributed by atoms with Gasteiger partial charge in [-0.1, -0.05) is 23.7 Å². The number of halogens is 1. The number of hydrogen-bond acceptors (Lipinski definition) is 5. The largest absolute Gasteiger partial charge is 0.463 e. The Hall–Kier alpha value is -2.58. The molecule has 0 bridgehead atoms. The molecule has 34 heavy (non-hydrogen) atoms. The molecule has 4 rings (SSSR count). The van der Waals surface area contributed by atoms with Crippen molar-refractivity contribution in [2.75, 3.05) is 39.3 Å². The Kier molecular flexibility index (Phi) is 7.48. The highest BCUT2D eigenvalue weighted by molar-refractivity contribution is 6.30. The van der Waals surface area contributed by atoms with Gasteiger partial charge in [-0.3, -0.25) is 14.6 Å². The normalized spacial score (nSPS) is 23.7. The Morgan fingerprint density at radius 3 is 2.44 bits per heavy atom. The van der Waals surface area contributed by atoms with E-state index in [1.165, 1.54) is 0 Å². The van der Waals surface area contributed by atoms with Crippen LogP contribution in [0.2, 0.25) is 5.02 Å². The zero-order chi connectivity index (χ0) is 24.4. The summed E-state index contributed by atoms with van der Waals surface area (Å²) in [4.78, 5) is 44.7. The number of nitrogens with one attached hydrogen (secondary N) is 1. The maximum atomic E-state index is 13.2. The molecule has 0 spiro atoms. The lowest BCUT2D eigenvalue weighted by Gasteiger charge is -2.43. The summed E-state index contributed by atoms with van der Waals surface area (Å²) in [6.07, 6.45) is 1.99. The number of urea groups is 1. The molecule has 1 saturated heterocycles. The Bertz CT molecular complexity index is 976. The number of esters is 1. The van der Waals surface area contributed by atoms with Crippen LogP contribution in [-0.2, 0) is 14.3 Å². The number of carbonyl (C=O) groups excluding carboxylic acids is 3. The van der Waals surface area contributed by atoms with E-state index in [1.807, 2.05) is 24.0 Å². The molecular weight excluding hydrogens is 456 g/mol. The van der Waals surface area contributed by atoms with Crippen molar-refractivity contribution in [1.29, 1.82) is 0 Å². The maximum Gasteiger partial charge on any atom is 0.338 e. The van der Waals surface area contributed by atoms with E-state index in [1.54, 1.807) is 24.0 Å². The van der Waals surface area contributed by atoms with Crippen LogP contribution in [0.5, 0.6) is 0 Å². The first kappa shape index (κ1) is 24.5. The van der Waals surface area contributed by atoms with Crippen LogP contribution >= 0.6 is 11.6 Å². The van der Waals surface area contributed by atoms with Crippen molar-refractivity contribution < 1.29 is 19.1 Å². The summed E-state index contributed by atoms with van der Waals surface area (Å²) in [6.45, 7) is 8.83. The minimum absolute atomic E-state index is 0.0769. The standard InChI is InChI=1S/C25H33ClN4O4/c1-4-29-20(15-28-12-13-30(16(3)14-28)23(31)18-6-7-18)21(24(32)34-5-2)22(27-25(29)33)17-8-10-19(26)11-9-17/h8-11,16,18,22H,4-7,12-15H2,1-3H3,(H,27,33). The second-order valence-electron chi connectivity index (χ2n) is 9.15. The Balaban J connectivity index is 1.65. The van der Waals surface area contributed by atoms with Gasteiger partial charge in [-0.2, -0.15) is 0 Å². The van der Waals surface area contributed by atoms with Crippen LogP contribution in [0.3, 0.4) is 0 Å². The van der Waals surface area contributed by atoms with Gasteiger partial charge in [0.2, 0.25) is 5.91 Å². The van der Waals surface area contributed by atoms with Gasteiger partial charge < -0.3 is 15.0 Å². The number of amides is 3. The molecule has 2 heterocycles. The van der Waals surface area contributed by atoms with Crippen LogP contribution < -0.4 is 5.32 Å². The SMILES string of the molecule is CCOC(=O)C1=C(CN2CCN(C(=O)C3CC3)C(C)C2)N(CC)C(=O)NC1c1ccc(Cl)cc1. The molecule has 0 aromatic heterocycles. The third kappa shape index (κ3) is 5.08. The Morgan fingerprint density at radius 1 is 1.15 bits per heavy atom. The van der Waals surface area contributed by atoms with Crippen LogP contribution in [0.4, 0.5) is 4.79 Å². The van der Waals surface area contributed by atoms with E-state index in [2.05, 4.69) is 17.1 Å². The number of nitrogens with zero attached hydrogens (tertiary/aromatic N) is 3. The van der Waals surface area contributed by atoms with Crippen molar-refractivity contribution in [3.05, 3.63) is 46.1 Å². The van der Waals surface area contributed by atoms with Gasteiger partial charge in [0.25, 0.3) is 0 Å². The lowest BCUT2D eigenvalue weighted by molar-refractivity contribution is -0.139. The average Bonchev–Trinajstić information content (AvgIpc) is 3.65. The van der Waals surface area contributed by atoms with Gasteiger partial charge in [0.15, 0.2) is 0 Å². The number of piperazine rings is 1. The molecule has 9 heteroatoms. The van der Waals surface area contributed by atoms with E-state index < -0.39 is 12.0 Å². The van der Waals surface area contributed by atoms with Crippen molar-refractivity contribution >= 4 is 29.5 Å². The molecule has 3 amide bonds. The monoisotopic (exact) mass is 488 g/mol. The van der Waals surface area contributed by atoms with Crippen molar-refractivity contribution in [3.63, 3.8) is 0 Å². The molecule has 3 aliphatic rings. The molecule has 2 aliphatic heterocycles. The molecule has 2 fully saturated rings. The van der Waals surface area contributed by atoms with E-state index in [0.29, 0.717) is 49.0 Å². The highest BCUT2D eigenvalue weighted by Crippen LogP contribution is 2.34. The van der Waals surface area contributed by atoms with Crippen LogP contribution in [0.15, 0.2) is 35.5 Å². The fraction of sp³-hybridized carbons (Fsp3) is 0.560. The lowest BCUT2D eigenvalue weighted by Crippen LogP contribution is -2.56. The lowest BCUT2D eigenvalue weighted by atomic mass is 9.94. The maximum absolute atomic E-state index is 13.2. The number of carbonyl (C=O) groups is 3. The summed E-state index contributed by atoms with van der Waals surface area (Å²) >= 11 is 6.07. The predicted octanol–water partition coefficient (Wildman–Crippen LogP) is 3.19. The van der Waals surface area contributed by atoms with Gasteiger partial charge in [0.1, 0.15) is 0 Å². The molecular formula is C25H33ClN4O4. The fourth-order valence-corrected chi connectivity index (χ4v) is 4.97. The first-order valence-corrected chi connectivity index (χ1v) is 12.5. The van der Waals surface area contributed by atoms with E-state index in [0.717, 1.165) is 18.4 Å². The average molecular weight is 489 g/mol. The predicted molar refractivity (Wildman–Crippen MR) is 129 cm³/mol. The van der Waals surface area contributed by atoms with Crippen LogP contribution in [0.25, 0.3) is 0 Å². The molecule has 1 N–H and O–H groups in total. The molecule has 1 saturated carbocycles. The van der Waals surface area contributed by atoms with Gasteiger partial charge in [-0.05, 0) is 51.3 Å². The third-order valence-corrected chi connectivity index (χ3v) is 7.00. The number of hydrogen-bond donors (Lipinski definition) is 1. The second kappa shape index (κ2) is 10.4. The van der Waals surface area contributed by atoms with Crippen LogP contribution in [0.1, 0.15) is 45.2 Å². The zero-order valence-electron chi connectivity index (χ0n) is 20.1. The third-order valence-electron chi connectivity index (χ3n) is 6.75. The minimum Gasteiger partial charge on any atom is -0.463 e. The Morgan fingerprint density at radius 2 is 1.85 bits per heavy atom. The van der Waals surface area contributed by atoms with Gasteiger partial charge in [-0.15, -0.1) is 0 Å². The molecule has 2 unspecified atom stereocenters. The van der Waals surface area contributed by atoms with Gasteiger partial charge in [0, 0.05) is 55.4 Å². The molecule has 0 radical (unpaired) electrons. The van der Waals surface area contributed by atoms with E-state index in [4.69, 9.17) is 16.3 Å². The minimum atomic E-state index is -0.628. The zero-order valence-corrected chi connectivity index (χ0v) is 20.8. The Labute approximate surface area is 205 Å². The molecule has 1 aromatic rings. The molecule has 8 nitrogen and oxygen atoms in total. The van der Waals surface area contributed by atoms with Crippen LogP contribution in [-0.4, -0.2) is 78.0 Å². The van der Waals surface area contributed by atoms with Crippen molar-refractivity contribution in [1.82, 2.24) is 20.0 Å².